The summed E-state index contributed by atoms with van der Waals surface area (Å²) in [6.45, 7) is 1.69. The molecule has 0 radical (unpaired) electrons. The lowest BCUT2D eigenvalue weighted by molar-refractivity contribution is -0.385. The van der Waals surface area contributed by atoms with Crippen LogP contribution in [0.2, 0.25) is 5.02 Å². The second-order valence-electron chi connectivity index (χ2n) is 4.24. The Morgan fingerprint density at radius 3 is 2.73 bits per heavy atom. The van der Waals surface area contributed by atoms with Gasteiger partial charge in [-0.2, -0.15) is 0 Å². The molecule has 0 heterocycles. The summed E-state index contributed by atoms with van der Waals surface area (Å²) in [6.07, 6.45) is 0. The molecule has 9 nitrogen and oxygen atoms in total. The van der Waals surface area contributed by atoms with Gasteiger partial charge in [0.05, 0.1) is 17.1 Å². The highest BCUT2D eigenvalue weighted by Crippen LogP contribution is 2.30. The Labute approximate surface area is 131 Å². The van der Waals surface area contributed by atoms with Gasteiger partial charge in [0.1, 0.15) is 11.8 Å². The van der Waals surface area contributed by atoms with Crippen molar-refractivity contribution in [2.45, 2.75) is 12.8 Å². The van der Waals surface area contributed by atoms with Crippen molar-refractivity contribution in [3.8, 4) is 0 Å². The van der Waals surface area contributed by atoms with E-state index in [0.717, 1.165) is 11.2 Å². The zero-order chi connectivity index (χ0) is 16.9. The molecule has 120 valence electrons. The Bertz CT molecular complexity index is 605. The van der Waals surface area contributed by atoms with Crippen LogP contribution >= 0.6 is 11.6 Å². The van der Waals surface area contributed by atoms with Crippen molar-refractivity contribution < 1.29 is 14.5 Å². The first-order chi connectivity index (χ1) is 10.3. The van der Waals surface area contributed by atoms with Gasteiger partial charge in [-0.25, -0.2) is 11.0 Å². The van der Waals surface area contributed by atoms with E-state index in [1.807, 2.05) is 0 Å². The topological polar surface area (TPSA) is 137 Å². The first-order valence-electron chi connectivity index (χ1n) is 6.20. The van der Waals surface area contributed by atoms with Crippen LogP contribution in [0.5, 0.6) is 0 Å². The van der Waals surface area contributed by atoms with E-state index in [9.17, 15) is 14.9 Å². The first-order valence-corrected chi connectivity index (χ1v) is 6.58. The molecule has 0 spiro atoms. The van der Waals surface area contributed by atoms with Gasteiger partial charge >= 0.3 is 5.97 Å². The molecule has 0 saturated heterocycles. The number of carbonyl (C=O) groups excluding carboxylic acids is 1. The van der Waals surface area contributed by atoms with Crippen molar-refractivity contribution in [1.82, 2.24) is 5.12 Å². The second kappa shape index (κ2) is 7.57. The van der Waals surface area contributed by atoms with E-state index in [1.165, 1.54) is 19.2 Å². The van der Waals surface area contributed by atoms with Crippen LogP contribution in [0, 0.1) is 10.1 Å². The molecule has 0 bridgehead atoms. The van der Waals surface area contributed by atoms with Crippen LogP contribution in [0.1, 0.15) is 18.4 Å². The largest absolute Gasteiger partial charge is 0.465 e. The second-order valence-corrected chi connectivity index (χ2v) is 4.68. The Balaban J connectivity index is 3.45. The molecule has 1 unspecified atom stereocenters. The number of esters is 1. The van der Waals surface area contributed by atoms with Crippen molar-refractivity contribution in [3.05, 3.63) is 38.9 Å². The molecular formula is C12H16ClN5O4. The zero-order valence-electron chi connectivity index (χ0n) is 12.0. The first kappa shape index (κ1) is 17.7. The van der Waals surface area contributed by atoms with Gasteiger partial charge in [0.25, 0.3) is 5.69 Å². The summed E-state index contributed by atoms with van der Waals surface area (Å²) in [5, 5.41) is 16.0. The summed E-state index contributed by atoms with van der Waals surface area (Å²) in [7, 11) is 1.39. The fourth-order valence-electron chi connectivity index (χ4n) is 1.79. The van der Waals surface area contributed by atoms with Gasteiger partial charge in [-0.05, 0) is 19.1 Å². The van der Waals surface area contributed by atoms with Gasteiger partial charge in [-0.3, -0.25) is 14.9 Å². The van der Waals surface area contributed by atoms with Crippen molar-refractivity contribution in [2.24, 2.45) is 16.7 Å². The Morgan fingerprint density at radius 2 is 2.23 bits per heavy atom. The number of nitro groups is 1. The van der Waals surface area contributed by atoms with Crippen LogP contribution in [-0.2, 0) is 9.53 Å². The number of nitro benzene ring substituents is 1. The number of hydrogen-bond acceptors (Lipinski definition) is 7. The lowest BCUT2D eigenvalue weighted by Crippen LogP contribution is -2.34. The molecule has 0 aliphatic heterocycles. The van der Waals surface area contributed by atoms with Crippen LogP contribution in [0.4, 0.5) is 5.69 Å². The Morgan fingerprint density at radius 1 is 1.59 bits per heavy atom. The Hall–Kier alpha value is -2.39. The van der Waals surface area contributed by atoms with E-state index in [-0.39, 0.29) is 28.7 Å². The Kier molecular flexibility index (Phi) is 6.08. The number of carbonyl (C=O) groups is 1. The molecule has 0 amide bonds. The molecule has 1 aromatic carbocycles. The van der Waals surface area contributed by atoms with E-state index in [0.29, 0.717) is 0 Å². The van der Waals surface area contributed by atoms with Crippen LogP contribution < -0.4 is 11.6 Å². The standard InChI is InChI=1S/C12H16ClN5O4/c1-3-22-12(19)10(11(14)16-17(2)15)8-5-4-7(13)6-9(8)18(20)21/h4-6,10H,3,15H2,1-2H3,(H2,14,16). The van der Waals surface area contributed by atoms with Gasteiger partial charge in [0, 0.05) is 18.1 Å². The number of benzene rings is 1. The minimum atomic E-state index is -1.26. The van der Waals surface area contributed by atoms with Crippen molar-refractivity contribution in [3.63, 3.8) is 0 Å². The van der Waals surface area contributed by atoms with Crippen molar-refractivity contribution >= 4 is 29.1 Å². The monoisotopic (exact) mass is 329 g/mol. The van der Waals surface area contributed by atoms with Gasteiger partial charge < -0.3 is 10.5 Å². The number of amidine groups is 1. The average molecular weight is 330 g/mol. The molecule has 1 atom stereocenters. The third-order valence-corrected chi connectivity index (χ3v) is 2.83. The highest BCUT2D eigenvalue weighted by molar-refractivity contribution is 6.30. The molecule has 10 heteroatoms. The predicted molar refractivity (Wildman–Crippen MR) is 81.1 cm³/mol. The lowest BCUT2D eigenvalue weighted by Gasteiger charge is -2.17. The molecule has 0 aliphatic carbocycles. The molecular weight excluding hydrogens is 314 g/mol. The quantitative estimate of drug-likeness (QED) is 0.198. The van der Waals surface area contributed by atoms with Crippen LogP contribution in [-0.4, -0.2) is 35.5 Å². The summed E-state index contributed by atoms with van der Waals surface area (Å²) >= 11 is 5.76. The van der Waals surface area contributed by atoms with Crippen LogP contribution in [0.25, 0.3) is 0 Å². The molecule has 0 aromatic heterocycles. The molecule has 0 saturated carbocycles. The molecule has 0 fully saturated rings. The van der Waals surface area contributed by atoms with E-state index >= 15 is 0 Å². The van der Waals surface area contributed by atoms with Crippen molar-refractivity contribution in [1.29, 1.82) is 0 Å². The van der Waals surface area contributed by atoms with E-state index < -0.39 is 16.8 Å². The number of hydrazine groups is 1. The number of rotatable bonds is 6. The van der Waals surface area contributed by atoms with Gasteiger partial charge in [0.2, 0.25) is 0 Å². The van der Waals surface area contributed by atoms with Crippen LogP contribution in [0.15, 0.2) is 23.3 Å². The van der Waals surface area contributed by atoms with E-state index in [1.54, 1.807) is 6.92 Å². The minimum Gasteiger partial charge on any atom is -0.465 e. The van der Waals surface area contributed by atoms with Gasteiger partial charge in [0.15, 0.2) is 0 Å². The molecule has 4 N–H and O–H groups in total. The van der Waals surface area contributed by atoms with E-state index in [4.69, 9.17) is 27.9 Å². The fourth-order valence-corrected chi connectivity index (χ4v) is 1.96. The highest BCUT2D eigenvalue weighted by atomic mass is 35.5. The highest BCUT2D eigenvalue weighted by Gasteiger charge is 2.33. The fraction of sp³-hybridized carbons (Fsp3) is 0.333. The van der Waals surface area contributed by atoms with Gasteiger partial charge in [-0.15, -0.1) is 5.10 Å². The third kappa shape index (κ3) is 4.30. The predicted octanol–water partition coefficient (Wildman–Crippen LogP) is 0.973. The summed E-state index contributed by atoms with van der Waals surface area (Å²) in [5.74, 6) is 3.11. The summed E-state index contributed by atoms with van der Waals surface area (Å²) in [4.78, 5) is 22.7. The number of hydrogen-bond donors (Lipinski definition) is 2. The maximum atomic E-state index is 12.1. The smallest absolute Gasteiger partial charge is 0.321 e. The normalized spacial score (nSPS) is 12.6. The molecule has 1 aromatic rings. The lowest BCUT2D eigenvalue weighted by atomic mass is 9.96. The summed E-state index contributed by atoms with van der Waals surface area (Å²) in [6, 6.07) is 3.87. The third-order valence-electron chi connectivity index (χ3n) is 2.59. The van der Waals surface area contributed by atoms with Crippen LogP contribution in [0.3, 0.4) is 0 Å². The minimum absolute atomic E-state index is 0.0240. The number of nitrogens with two attached hydrogens (primary N) is 2. The zero-order valence-corrected chi connectivity index (χ0v) is 12.8. The van der Waals surface area contributed by atoms with Crippen molar-refractivity contribution in [2.75, 3.05) is 13.7 Å². The molecule has 1 rings (SSSR count). The van der Waals surface area contributed by atoms with E-state index in [2.05, 4.69) is 5.10 Å². The SMILES string of the molecule is CCOC(=O)C(/C(N)=N/N(C)N)c1ccc(Cl)cc1[N+](=O)[O-]. The number of halogens is 1. The molecule has 22 heavy (non-hydrogen) atoms. The summed E-state index contributed by atoms with van der Waals surface area (Å²) < 4.78 is 4.91. The van der Waals surface area contributed by atoms with Gasteiger partial charge in [-0.1, -0.05) is 11.6 Å². The number of hydrazone groups is 1. The maximum Gasteiger partial charge on any atom is 0.321 e. The maximum absolute atomic E-state index is 12.1. The summed E-state index contributed by atoms with van der Waals surface area (Å²) in [5.41, 5.74) is 5.43. The average Bonchev–Trinajstić information content (AvgIpc) is 2.39. The molecule has 0 aliphatic rings. The number of ether oxygens (including phenoxy) is 1. The number of nitrogens with zero attached hydrogens (tertiary/aromatic N) is 3.